The summed E-state index contributed by atoms with van der Waals surface area (Å²) in [5.41, 5.74) is 1.79. The van der Waals surface area contributed by atoms with Gasteiger partial charge in [-0.3, -0.25) is 0 Å². The molecule has 0 saturated heterocycles. The molecule has 1 aromatic rings. The van der Waals surface area contributed by atoms with Crippen LogP contribution in [0.4, 0.5) is 0 Å². The second-order valence-corrected chi connectivity index (χ2v) is 3.11. The van der Waals surface area contributed by atoms with Crippen molar-refractivity contribution in [3.05, 3.63) is 23.5 Å². The molecule has 0 aliphatic heterocycles. The maximum atomic E-state index is 11.0. The summed E-state index contributed by atoms with van der Waals surface area (Å²) >= 11 is 0. The van der Waals surface area contributed by atoms with Gasteiger partial charge in [0.2, 0.25) is 0 Å². The largest absolute Gasteiger partial charge is 0.464 e. The number of hydrogen-bond acceptors (Lipinski definition) is 2. The molecule has 0 radical (unpaired) electrons. The van der Waals surface area contributed by atoms with Crippen LogP contribution in [0, 0.1) is 0 Å². The van der Waals surface area contributed by atoms with Gasteiger partial charge in [-0.05, 0) is 30.4 Å². The molecule has 0 amide bonds. The third-order valence-electron chi connectivity index (χ3n) is 2.16. The molecule has 12 heavy (non-hydrogen) atoms. The lowest BCUT2D eigenvalue weighted by molar-refractivity contribution is 0.0595. The maximum Gasteiger partial charge on any atom is 0.354 e. The predicted octanol–water partition coefficient (Wildman–Crippen LogP) is 1.68. The quantitative estimate of drug-likeness (QED) is 0.677. The molecule has 64 valence electrons. The number of aromatic amines is 1. The number of aromatic nitrogens is 1. The van der Waals surface area contributed by atoms with Gasteiger partial charge in [0, 0.05) is 6.20 Å². The van der Waals surface area contributed by atoms with Crippen LogP contribution < -0.4 is 0 Å². The Morgan fingerprint density at radius 2 is 2.42 bits per heavy atom. The first-order chi connectivity index (χ1) is 5.81. The first-order valence-corrected chi connectivity index (χ1v) is 4.08. The van der Waals surface area contributed by atoms with Crippen LogP contribution in [0.2, 0.25) is 0 Å². The van der Waals surface area contributed by atoms with E-state index in [0.29, 0.717) is 11.6 Å². The molecule has 1 aliphatic rings. The zero-order valence-electron chi connectivity index (χ0n) is 6.96. The fraction of sp³-hybridized carbons (Fsp3) is 0.444. The molecule has 1 aliphatic carbocycles. The Balaban J connectivity index is 2.17. The van der Waals surface area contributed by atoms with Crippen LogP contribution in [-0.2, 0) is 4.74 Å². The minimum Gasteiger partial charge on any atom is -0.464 e. The van der Waals surface area contributed by atoms with Gasteiger partial charge >= 0.3 is 5.97 Å². The standard InChI is InChI=1S/C9H11NO2/c1-12-9(11)8-4-7(5-10-8)6-2-3-6/h4-6,10H,2-3H2,1H3. The fourth-order valence-corrected chi connectivity index (χ4v) is 1.29. The molecule has 1 N–H and O–H groups in total. The number of esters is 1. The Labute approximate surface area is 70.7 Å². The minimum absolute atomic E-state index is 0.290. The van der Waals surface area contributed by atoms with Gasteiger partial charge in [-0.1, -0.05) is 0 Å². The molecule has 2 rings (SSSR count). The van der Waals surface area contributed by atoms with E-state index in [1.54, 1.807) is 0 Å². The van der Waals surface area contributed by atoms with Crippen molar-refractivity contribution in [2.45, 2.75) is 18.8 Å². The van der Waals surface area contributed by atoms with E-state index in [0.717, 1.165) is 0 Å². The number of H-pyrrole nitrogens is 1. The summed E-state index contributed by atoms with van der Waals surface area (Å²) in [5, 5.41) is 0. The minimum atomic E-state index is -0.290. The van der Waals surface area contributed by atoms with Gasteiger partial charge in [0.05, 0.1) is 7.11 Å². The lowest BCUT2D eigenvalue weighted by atomic mass is 10.2. The highest BCUT2D eigenvalue weighted by molar-refractivity contribution is 5.87. The van der Waals surface area contributed by atoms with Crippen molar-refractivity contribution in [3.8, 4) is 0 Å². The summed E-state index contributed by atoms with van der Waals surface area (Å²) in [6.07, 6.45) is 4.39. The number of ether oxygens (including phenoxy) is 1. The third kappa shape index (κ3) is 1.22. The summed E-state index contributed by atoms with van der Waals surface area (Å²) in [4.78, 5) is 13.9. The smallest absolute Gasteiger partial charge is 0.354 e. The average Bonchev–Trinajstić information content (AvgIpc) is 2.83. The number of carbonyl (C=O) groups is 1. The SMILES string of the molecule is COC(=O)c1cc(C2CC2)c[nH]1. The highest BCUT2D eigenvalue weighted by atomic mass is 16.5. The Kier molecular flexibility index (Phi) is 1.64. The highest BCUT2D eigenvalue weighted by Crippen LogP contribution is 2.40. The van der Waals surface area contributed by atoms with Crippen LogP contribution in [0.3, 0.4) is 0 Å². The zero-order chi connectivity index (χ0) is 8.55. The Hall–Kier alpha value is -1.25. The van der Waals surface area contributed by atoms with Crippen molar-refractivity contribution in [1.82, 2.24) is 4.98 Å². The van der Waals surface area contributed by atoms with E-state index in [-0.39, 0.29) is 5.97 Å². The van der Waals surface area contributed by atoms with Gasteiger partial charge in [-0.15, -0.1) is 0 Å². The van der Waals surface area contributed by atoms with Crippen molar-refractivity contribution >= 4 is 5.97 Å². The Morgan fingerprint density at radius 1 is 1.67 bits per heavy atom. The van der Waals surface area contributed by atoms with Crippen LogP contribution in [0.15, 0.2) is 12.3 Å². The number of methoxy groups -OCH3 is 1. The molecule has 1 heterocycles. The van der Waals surface area contributed by atoms with E-state index in [2.05, 4.69) is 9.72 Å². The average molecular weight is 165 g/mol. The molecular formula is C9H11NO2. The van der Waals surface area contributed by atoms with Crippen LogP contribution in [0.5, 0.6) is 0 Å². The number of carbonyl (C=O) groups excluding carboxylic acids is 1. The monoisotopic (exact) mass is 165 g/mol. The van der Waals surface area contributed by atoms with Gasteiger partial charge in [0.1, 0.15) is 5.69 Å². The maximum absolute atomic E-state index is 11.0. The van der Waals surface area contributed by atoms with E-state index >= 15 is 0 Å². The molecule has 0 atom stereocenters. The second kappa shape index (κ2) is 2.66. The van der Waals surface area contributed by atoms with Crippen molar-refractivity contribution in [2.75, 3.05) is 7.11 Å². The van der Waals surface area contributed by atoms with E-state index in [1.165, 1.54) is 25.5 Å². The van der Waals surface area contributed by atoms with Gasteiger partial charge < -0.3 is 9.72 Å². The van der Waals surface area contributed by atoms with Crippen LogP contribution in [-0.4, -0.2) is 18.1 Å². The van der Waals surface area contributed by atoms with E-state index in [9.17, 15) is 4.79 Å². The van der Waals surface area contributed by atoms with Gasteiger partial charge in [0.15, 0.2) is 0 Å². The molecule has 0 spiro atoms. The molecule has 1 aromatic heterocycles. The van der Waals surface area contributed by atoms with Crippen molar-refractivity contribution in [2.24, 2.45) is 0 Å². The van der Waals surface area contributed by atoms with E-state index < -0.39 is 0 Å². The third-order valence-corrected chi connectivity index (χ3v) is 2.16. The summed E-state index contributed by atoms with van der Waals surface area (Å²) in [6.45, 7) is 0. The molecule has 0 bridgehead atoms. The zero-order valence-corrected chi connectivity index (χ0v) is 6.96. The van der Waals surface area contributed by atoms with Gasteiger partial charge in [0.25, 0.3) is 0 Å². The number of nitrogens with one attached hydrogen (secondary N) is 1. The number of hydrogen-bond donors (Lipinski definition) is 1. The topological polar surface area (TPSA) is 42.1 Å². The van der Waals surface area contributed by atoms with Crippen molar-refractivity contribution in [1.29, 1.82) is 0 Å². The molecule has 3 nitrogen and oxygen atoms in total. The second-order valence-electron chi connectivity index (χ2n) is 3.11. The first-order valence-electron chi connectivity index (χ1n) is 4.08. The summed E-state index contributed by atoms with van der Waals surface area (Å²) in [5.74, 6) is 0.390. The molecule has 3 heteroatoms. The Morgan fingerprint density at radius 3 is 3.00 bits per heavy atom. The molecule has 1 saturated carbocycles. The molecule has 1 fully saturated rings. The van der Waals surface area contributed by atoms with E-state index in [4.69, 9.17) is 0 Å². The van der Waals surface area contributed by atoms with Gasteiger partial charge in [-0.25, -0.2) is 4.79 Å². The van der Waals surface area contributed by atoms with Crippen LogP contribution in [0.1, 0.15) is 34.8 Å². The summed E-state index contributed by atoms with van der Waals surface area (Å²) in [6, 6.07) is 1.88. The van der Waals surface area contributed by atoms with Crippen LogP contribution in [0.25, 0.3) is 0 Å². The van der Waals surface area contributed by atoms with Gasteiger partial charge in [-0.2, -0.15) is 0 Å². The highest BCUT2D eigenvalue weighted by Gasteiger charge is 2.25. The Bertz CT molecular complexity index is 299. The fourth-order valence-electron chi connectivity index (χ4n) is 1.29. The summed E-state index contributed by atoms with van der Waals surface area (Å²) in [7, 11) is 1.39. The molecule has 0 unspecified atom stereocenters. The lowest BCUT2D eigenvalue weighted by Gasteiger charge is -1.92. The predicted molar refractivity (Wildman–Crippen MR) is 44.1 cm³/mol. The van der Waals surface area contributed by atoms with Crippen molar-refractivity contribution in [3.63, 3.8) is 0 Å². The first kappa shape index (κ1) is 7.40. The van der Waals surface area contributed by atoms with Crippen molar-refractivity contribution < 1.29 is 9.53 Å². The van der Waals surface area contributed by atoms with Crippen LogP contribution >= 0.6 is 0 Å². The number of rotatable bonds is 2. The normalized spacial score (nSPS) is 16.1. The summed E-state index contributed by atoms with van der Waals surface area (Å²) < 4.78 is 4.58. The molecule has 0 aromatic carbocycles. The lowest BCUT2D eigenvalue weighted by Crippen LogP contribution is -2.00. The molecular weight excluding hydrogens is 154 g/mol. The van der Waals surface area contributed by atoms with E-state index in [1.807, 2.05) is 12.3 Å².